The number of rotatable bonds is 5. The fourth-order valence-electron chi connectivity index (χ4n) is 1.50. The summed E-state index contributed by atoms with van der Waals surface area (Å²) in [5, 5.41) is 0. The molecule has 1 fully saturated rings. The van der Waals surface area contributed by atoms with E-state index in [1.807, 2.05) is 11.9 Å². The second kappa shape index (κ2) is 6.65. The standard InChI is InChI=1S/C9H19NO2S/c1-11-6-7-12-9-4-3-5-10(8-9)13-2/h9H,3-8H2,1-2H3. The van der Waals surface area contributed by atoms with Crippen molar-refractivity contribution in [3.63, 3.8) is 0 Å². The van der Waals surface area contributed by atoms with Crippen LogP contribution in [-0.4, -0.2) is 50.1 Å². The Labute approximate surface area is 84.9 Å². The highest BCUT2D eigenvalue weighted by atomic mass is 32.2. The van der Waals surface area contributed by atoms with E-state index in [0.717, 1.165) is 13.2 Å². The molecule has 1 atom stereocenters. The van der Waals surface area contributed by atoms with Crippen LogP contribution < -0.4 is 0 Å². The molecule has 4 heteroatoms. The predicted octanol–water partition coefficient (Wildman–Crippen LogP) is 1.39. The zero-order chi connectivity index (χ0) is 9.52. The SMILES string of the molecule is COCCOC1CCCN(SC)C1. The average molecular weight is 205 g/mol. The van der Waals surface area contributed by atoms with E-state index in [-0.39, 0.29) is 0 Å². The number of nitrogens with zero attached hydrogens (tertiary/aromatic N) is 1. The minimum atomic E-state index is 0.413. The summed E-state index contributed by atoms with van der Waals surface area (Å²) in [5.74, 6) is 0. The molecular formula is C9H19NO2S. The summed E-state index contributed by atoms with van der Waals surface area (Å²) < 4.78 is 13.0. The van der Waals surface area contributed by atoms with Crippen molar-refractivity contribution < 1.29 is 9.47 Å². The summed E-state index contributed by atoms with van der Waals surface area (Å²) in [6.07, 6.45) is 4.98. The van der Waals surface area contributed by atoms with E-state index in [1.165, 1.54) is 19.4 Å². The van der Waals surface area contributed by atoms with Gasteiger partial charge in [0, 0.05) is 20.2 Å². The third-order valence-corrected chi connectivity index (χ3v) is 3.09. The third-order valence-electron chi connectivity index (χ3n) is 2.24. The monoisotopic (exact) mass is 205 g/mol. The second-order valence-corrected chi connectivity index (χ2v) is 4.08. The van der Waals surface area contributed by atoms with Crippen LogP contribution in [0.2, 0.25) is 0 Å². The van der Waals surface area contributed by atoms with Gasteiger partial charge in [0.2, 0.25) is 0 Å². The number of hydrogen-bond acceptors (Lipinski definition) is 4. The highest BCUT2D eigenvalue weighted by molar-refractivity contribution is 7.96. The van der Waals surface area contributed by atoms with Gasteiger partial charge in [-0.05, 0) is 19.1 Å². The molecule has 13 heavy (non-hydrogen) atoms. The van der Waals surface area contributed by atoms with Gasteiger partial charge in [-0.25, -0.2) is 4.31 Å². The molecule has 3 nitrogen and oxygen atoms in total. The first-order valence-electron chi connectivity index (χ1n) is 4.76. The number of ether oxygens (including phenoxy) is 2. The van der Waals surface area contributed by atoms with E-state index in [4.69, 9.17) is 9.47 Å². The Kier molecular flexibility index (Phi) is 5.78. The Morgan fingerprint density at radius 1 is 1.46 bits per heavy atom. The van der Waals surface area contributed by atoms with Gasteiger partial charge in [0.1, 0.15) is 0 Å². The summed E-state index contributed by atoms with van der Waals surface area (Å²) in [5.41, 5.74) is 0. The molecule has 1 heterocycles. The molecule has 0 spiro atoms. The first-order chi connectivity index (χ1) is 6.36. The first-order valence-corrected chi connectivity index (χ1v) is 5.94. The van der Waals surface area contributed by atoms with Crippen molar-refractivity contribution in [3.8, 4) is 0 Å². The molecule has 1 unspecified atom stereocenters. The summed E-state index contributed by atoms with van der Waals surface area (Å²) >= 11 is 1.81. The van der Waals surface area contributed by atoms with Crippen LogP contribution in [0.25, 0.3) is 0 Å². The van der Waals surface area contributed by atoms with Crippen molar-refractivity contribution in [2.75, 3.05) is 39.7 Å². The maximum Gasteiger partial charge on any atom is 0.0713 e. The van der Waals surface area contributed by atoms with E-state index in [2.05, 4.69) is 10.6 Å². The van der Waals surface area contributed by atoms with Crippen LogP contribution in [0.5, 0.6) is 0 Å². The number of hydrogen-bond donors (Lipinski definition) is 0. The second-order valence-electron chi connectivity index (χ2n) is 3.20. The van der Waals surface area contributed by atoms with Crippen LogP contribution in [0.15, 0.2) is 0 Å². The van der Waals surface area contributed by atoms with Crippen LogP contribution in [0.1, 0.15) is 12.8 Å². The maximum atomic E-state index is 5.68. The highest BCUT2D eigenvalue weighted by Gasteiger charge is 2.19. The zero-order valence-corrected chi connectivity index (χ0v) is 9.31. The molecule has 0 aliphatic carbocycles. The fourth-order valence-corrected chi connectivity index (χ4v) is 2.13. The minimum Gasteiger partial charge on any atom is -0.382 e. The van der Waals surface area contributed by atoms with Crippen LogP contribution >= 0.6 is 11.9 Å². The largest absolute Gasteiger partial charge is 0.382 e. The molecule has 0 N–H and O–H groups in total. The Morgan fingerprint density at radius 3 is 3.00 bits per heavy atom. The third kappa shape index (κ3) is 4.31. The molecule has 0 aromatic carbocycles. The van der Waals surface area contributed by atoms with Gasteiger partial charge < -0.3 is 9.47 Å². The topological polar surface area (TPSA) is 21.7 Å². The molecule has 1 saturated heterocycles. The summed E-state index contributed by atoms with van der Waals surface area (Å²) in [4.78, 5) is 0. The van der Waals surface area contributed by atoms with Gasteiger partial charge in [0.25, 0.3) is 0 Å². The molecule has 0 aromatic heterocycles. The number of methoxy groups -OCH3 is 1. The van der Waals surface area contributed by atoms with Gasteiger partial charge in [-0.15, -0.1) is 0 Å². The van der Waals surface area contributed by atoms with Gasteiger partial charge in [-0.2, -0.15) is 0 Å². The molecule has 0 aromatic rings. The van der Waals surface area contributed by atoms with Crippen LogP contribution in [0, 0.1) is 0 Å². The molecule has 0 amide bonds. The number of piperidine rings is 1. The maximum absolute atomic E-state index is 5.68. The summed E-state index contributed by atoms with van der Waals surface area (Å²) in [6.45, 7) is 3.69. The van der Waals surface area contributed by atoms with Crippen molar-refractivity contribution in [3.05, 3.63) is 0 Å². The van der Waals surface area contributed by atoms with Crippen molar-refractivity contribution in [2.45, 2.75) is 18.9 Å². The molecule has 0 radical (unpaired) electrons. The van der Waals surface area contributed by atoms with Gasteiger partial charge in [0.05, 0.1) is 19.3 Å². The first kappa shape index (κ1) is 11.3. The highest BCUT2D eigenvalue weighted by Crippen LogP contribution is 2.18. The lowest BCUT2D eigenvalue weighted by atomic mass is 10.1. The molecule has 1 rings (SSSR count). The average Bonchev–Trinajstić information content (AvgIpc) is 2.19. The van der Waals surface area contributed by atoms with Crippen molar-refractivity contribution in [2.24, 2.45) is 0 Å². The Morgan fingerprint density at radius 2 is 2.31 bits per heavy atom. The van der Waals surface area contributed by atoms with E-state index in [0.29, 0.717) is 12.7 Å². The lowest BCUT2D eigenvalue weighted by Gasteiger charge is -2.30. The quantitative estimate of drug-likeness (QED) is 0.499. The lowest BCUT2D eigenvalue weighted by Crippen LogP contribution is -2.35. The normalized spacial score (nSPS) is 24.9. The fraction of sp³-hybridized carbons (Fsp3) is 1.00. The van der Waals surface area contributed by atoms with E-state index in [1.54, 1.807) is 7.11 Å². The lowest BCUT2D eigenvalue weighted by molar-refractivity contribution is -0.00502. The van der Waals surface area contributed by atoms with Crippen molar-refractivity contribution in [1.29, 1.82) is 0 Å². The van der Waals surface area contributed by atoms with Gasteiger partial charge in [0.15, 0.2) is 0 Å². The minimum absolute atomic E-state index is 0.413. The zero-order valence-electron chi connectivity index (χ0n) is 8.49. The molecule has 78 valence electrons. The van der Waals surface area contributed by atoms with E-state index >= 15 is 0 Å². The van der Waals surface area contributed by atoms with E-state index < -0.39 is 0 Å². The van der Waals surface area contributed by atoms with Gasteiger partial charge in [-0.3, -0.25) is 0 Å². The molecule has 1 aliphatic heterocycles. The molecule has 0 saturated carbocycles. The van der Waals surface area contributed by atoms with Crippen LogP contribution in [-0.2, 0) is 9.47 Å². The van der Waals surface area contributed by atoms with Crippen LogP contribution in [0.4, 0.5) is 0 Å². The van der Waals surface area contributed by atoms with Gasteiger partial charge in [-0.1, -0.05) is 11.9 Å². The van der Waals surface area contributed by atoms with Crippen molar-refractivity contribution in [1.82, 2.24) is 4.31 Å². The Bertz CT molecular complexity index is 135. The molecule has 1 aliphatic rings. The van der Waals surface area contributed by atoms with Crippen LogP contribution in [0.3, 0.4) is 0 Å². The van der Waals surface area contributed by atoms with E-state index in [9.17, 15) is 0 Å². The molecule has 0 bridgehead atoms. The summed E-state index contributed by atoms with van der Waals surface area (Å²) in [6, 6.07) is 0. The smallest absolute Gasteiger partial charge is 0.0713 e. The predicted molar refractivity (Wildman–Crippen MR) is 55.9 cm³/mol. The van der Waals surface area contributed by atoms with Gasteiger partial charge >= 0.3 is 0 Å². The van der Waals surface area contributed by atoms with Crippen molar-refractivity contribution >= 4 is 11.9 Å². The molecular weight excluding hydrogens is 186 g/mol. The Balaban J connectivity index is 2.11. The Hall–Kier alpha value is 0.230. The summed E-state index contributed by atoms with van der Waals surface area (Å²) in [7, 11) is 1.71.